The molecule has 7 heteroatoms. The van der Waals surface area contributed by atoms with Gasteiger partial charge in [0, 0.05) is 30.6 Å². The quantitative estimate of drug-likeness (QED) is 0.817. The molecule has 0 bridgehead atoms. The summed E-state index contributed by atoms with van der Waals surface area (Å²) < 4.78 is 5.37. The van der Waals surface area contributed by atoms with E-state index in [4.69, 9.17) is 27.9 Å². The van der Waals surface area contributed by atoms with Gasteiger partial charge in [-0.05, 0) is 12.5 Å². The fraction of sp³-hybridized carbons (Fsp3) is 0.333. The number of carbonyl (C=O) groups excluding carboxylic acids is 1. The first-order valence-corrected chi connectivity index (χ1v) is 8.57. The van der Waals surface area contributed by atoms with Crippen molar-refractivity contribution in [1.29, 1.82) is 0 Å². The van der Waals surface area contributed by atoms with Crippen LogP contribution in [0.5, 0.6) is 0 Å². The monoisotopic (exact) mass is 356 g/mol. The molecule has 3 rings (SSSR count). The molecule has 0 N–H and O–H groups in total. The standard InChI is InChI=1S/C15H14Cl2N2O2S/c16-11-4-1-3-10(13(11)17)14-18-12(9-22-14)15(20)19-5-2-7-21-8-6-19/h1,3-4,9H,2,5-8H2. The van der Waals surface area contributed by atoms with E-state index >= 15 is 0 Å². The SMILES string of the molecule is O=C(c1csc(-c2cccc(Cl)c2Cl)n1)N1CCCOCC1. The fourth-order valence-electron chi connectivity index (χ4n) is 2.28. The zero-order valence-corrected chi connectivity index (χ0v) is 14.0. The van der Waals surface area contributed by atoms with Crippen molar-refractivity contribution >= 4 is 40.4 Å². The lowest BCUT2D eigenvalue weighted by Gasteiger charge is -2.17. The second kappa shape index (κ2) is 6.96. The van der Waals surface area contributed by atoms with E-state index in [2.05, 4.69) is 4.98 Å². The van der Waals surface area contributed by atoms with Gasteiger partial charge >= 0.3 is 0 Å². The number of benzene rings is 1. The summed E-state index contributed by atoms with van der Waals surface area (Å²) in [5.41, 5.74) is 1.19. The van der Waals surface area contributed by atoms with E-state index in [9.17, 15) is 4.79 Å². The number of halogens is 2. The molecular weight excluding hydrogens is 343 g/mol. The Morgan fingerprint density at radius 3 is 3.00 bits per heavy atom. The van der Waals surface area contributed by atoms with Gasteiger partial charge in [-0.25, -0.2) is 4.98 Å². The molecule has 0 atom stereocenters. The van der Waals surface area contributed by atoms with Crippen molar-refractivity contribution in [3.63, 3.8) is 0 Å². The molecule has 0 aliphatic carbocycles. The van der Waals surface area contributed by atoms with Gasteiger partial charge in [-0.3, -0.25) is 4.79 Å². The molecule has 1 aromatic heterocycles. The number of hydrogen-bond acceptors (Lipinski definition) is 4. The van der Waals surface area contributed by atoms with E-state index in [0.717, 1.165) is 12.0 Å². The summed E-state index contributed by atoms with van der Waals surface area (Å²) in [6.45, 7) is 2.57. The molecule has 2 heterocycles. The number of rotatable bonds is 2. The van der Waals surface area contributed by atoms with E-state index in [-0.39, 0.29) is 5.91 Å². The van der Waals surface area contributed by atoms with E-state index < -0.39 is 0 Å². The second-order valence-electron chi connectivity index (χ2n) is 4.90. The van der Waals surface area contributed by atoms with Crippen LogP contribution in [0, 0.1) is 0 Å². The molecule has 22 heavy (non-hydrogen) atoms. The summed E-state index contributed by atoms with van der Waals surface area (Å²) in [7, 11) is 0. The topological polar surface area (TPSA) is 42.4 Å². The van der Waals surface area contributed by atoms with Gasteiger partial charge in [-0.15, -0.1) is 11.3 Å². The van der Waals surface area contributed by atoms with Gasteiger partial charge in [0.05, 0.1) is 16.7 Å². The van der Waals surface area contributed by atoms with Gasteiger partial charge in [0.15, 0.2) is 0 Å². The highest BCUT2D eigenvalue weighted by Crippen LogP contribution is 2.35. The Balaban J connectivity index is 1.84. The van der Waals surface area contributed by atoms with Crippen molar-refractivity contribution in [1.82, 2.24) is 9.88 Å². The van der Waals surface area contributed by atoms with Crippen molar-refractivity contribution in [2.24, 2.45) is 0 Å². The normalized spacial score (nSPS) is 15.6. The van der Waals surface area contributed by atoms with Gasteiger partial charge in [0.2, 0.25) is 0 Å². The molecule has 116 valence electrons. The maximum atomic E-state index is 12.5. The number of hydrogen-bond donors (Lipinski definition) is 0. The van der Waals surface area contributed by atoms with Crippen LogP contribution < -0.4 is 0 Å². The highest BCUT2D eigenvalue weighted by molar-refractivity contribution is 7.13. The number of ether oxygens (including phenoxy) is 1. The first-order valence-electron chi connectivity index (χ1n) is 6.94. The third-order valence-corrected chi connectivity index (χ3v) is 5.11. The van der Waals surface area contributed by atoms with Gasteiger partial charge in [-0.1, -0.05) is 35.3 Å². The molecule has 1 aliphatic heterocycles. The summed E-state index contributed by atoms with van der Waals surface area (Å²) in [6.07, 6.45) is 0.850. The van der Waals surface area contributed by atoms with Crippen molar-refractivity contribution in [2.75, 3.05) is 26.3 Å². The number of amides is 1. The predicted molar refractivity (Wildman–Crippen MR) is 88.9 cm³/mol. The molecule has 0 unspecified atom stereocenters. The van der Waals surface area contributed by atoms with Crippen LogP contribution in [0.25, 0.3) is 10.6 Å². The molecule has 1 aliphatic rings. The summed E-state index contributed by atoms with van der Waals surface area (Å²) in [5, 5.41) is 3.40. The number of nitrogens with zero attached hydrogens (tertiary/aromatic N) is 2. The smallest absolute Gasteiger partial charge is 0.273 e. The fourth-order valence-corrected chi connectivity index (χ4v) is 3.55. The molecule has 1 amide bonds. The highest BCUT2D eigenvalue weighted by Gasteiger charge is 2.21. The maximum absolute atomic E-state index is 12.5. The van der Waals surface area contributed by atoms with Crippen LogP contribution in [-0.4, -0.2) is 42.1 Å². The lowest BCUT2D eigenvalue weighted by Crippen LogP contribution is -2.33. The van der Waals surface area contributed by atoms with Crippen LogP contribution in [0.1, 0.15) is 16.9 Å². The third kappa shape index (κ3) is 3.27. The van der Waals surface area contributed by atoms with Gasteiger partial charge < -0.3 is 9.64 Å². The Bertz CT molecular complexity index is 682. The van der Waals surface area contributed by atoms with Crippen LogP contribution >= 0.6 is 34.5 Å². The lowest BCUT2D eigenvalue weighted by atomic mass is 10.2. The van der Waals surface area contributed by atoms with Gasteiger partial charge in [0.1, 0.15) is 10.7 Å². The van der Waals surface area contributed by atoms with Crippen molar-refractivity contribution in [3.8, 4) is 10.6 Å². The molecular formula is C15H14Cl2N2O2S. The number of carbonyl (C=O) groups is 1. The molecule has 1 aromatic carbocycles. The van der Waals surface area contributed by atoms with Crippen LogP contribution in [0.15, 0.2) is 23.6 Å². The molecule has 0 spiro atoms. The lowest BCUT2D eigenvalue weighted by molar-refractivity contribution is 0.0736. The summed E-state index contributed by atoms with van der Waals surface area (Å²) in [5.74, 6) is -0.0637. The predicted octanol–water partition coefficient (Wildman–Crippen LogP) is 3.98. The zero-order chi connectivity index (χ0) is 15.5. The van der Waals surface area contributed by atoms with Gasteiger partial charge in [0.25, 0.3) is 5.91 Å². The van der Waals surface area contributed by atoms with E-state index in [1.54, 1.807) is 16.3 Å². The zero-order valence-electron chi connectivity index (χ0n) is 11.7. The van der Waals surface area contributed by atoms with Crippen LogP contribution in [-0.2, 0) is 4.74 Å². The van der Waals surface area contributed by atoms with Gasteiger partial charge in [-0.2, -0.15) is 0 Å². The molecule has 1 saturated heterocycles. The third-order valence-electron chi connectivity index (χ3n) is 3.41. The number of thiazole rings is 1. The van der Waals surface area contributed by atoms with Crippen molar-refractivity contribution in [3.05, 3.63) is 39.3 Å². The summed E-state index contributed by atoms with van der Waals surface area (Å²) in [6, 6.07) is 5.39. The average Bonchev–Trinajstić information content (AvgIpc) is 2.84. The van der Waals surface area contributed by atoms with Crippen LogP contribution in [0.2, 0.25) is 10.0 Å². The van der Waals surface area contributed by atoms with E-state index in [1.807, 2.05) is 12.1 Å². The molecule has 0 saturated carbocycles. The van der Waals surface area contributed by atoms with E-state index in [0.29, 0.717) is 47.1 Å². The minimum atomic E-state index is -0.0637. The molecule has 4 nitrogen and oxygen atoms in total. The molecule has 2 aromatic rings. The first kappa shape index (κ1) is 15.7. The van der Waals surface area contributed by atoms with Crippen molar-refractivity contribution in [2.45, 2.75) is 6.42 Å². The van der Waals surface area contributed by atoms with Crippen LogP contribution in [0.3, 0.4) is 0 Å². The first-order chi connectivity index (χ1) is 10.7. The Morgan fingerprint density at radius 1 is 1.27 bits per heavy atom. The Labute approximate surface area is 142 Å². The second-order valence-corrected chi connectivity index (χ2v) is 6.54. The minimum Gasteiger partial charge on any atom is -0.380 e. The average molecular weight is 357 g/mol. The van der Waals surface area contributed by atoms with Crippen LogP contribution in [0.4, 0.5) is 0 Å². The highest BCUT2D eigenvalue weighted by atomic mass is 35.5. The molecule has 0 radical (unpaired) electrons. The Morgan fingerprint density at radius 2 is 2.14 bits per heavy atom. The van der Waals surface area contributed by atoms with E-state index in [1.165, 1.54) is 11.3 Å². The minimum absolute atomic E-state index is 0.0637. The Hall–Kier alpha value is -1.14. The largest absolute Gasteiger partial charge is 0.380 e. The summed E-state index contributed by atoms with van der Waals surface area (Å²) >= 11 is 13.6. The van der Waals surface area contributed by atoms with Crippen molar-refractivity contribution < 1.29 is 9.53 Å². The molecule has 1 fully saturated rings. The maximum Gasteiger partial charge on any atom is 0.273 e. The number of aromatic nitrogens is 1. The summed E-state index contributed by atoms with van der Waals surface area (Å²) in [4.78, 5) is 18.7. The Kier molecular flexibility index (Phi) is 4.98.